The topological polar surface area (TPSA) is 87.1 Å². The standard InChI is InChI=1S/C24H24N4O2/c1-2-12-22(29)30-23(27-28-25)26-24(19-13-6-3-7-14-19,20-15-8-4-9-16-20)21-17-10-5-11-18-21/h3-11,13-18,23,26H,2,12H2,1H3/t23-/m0/s1. The van der Waals surface area contributed by atoms with Crippen molar-refractivity contribution in [1.82, 2.24) is 5.32 Å². The highest BCUT2D eigenvalue weighted by atomic mass is 16.6. The molecule has 0 bridgehead atoms. The van der Waals surface area contributed by atoms with E-state index in [2.05, 4.69) is 15.3 Å². The average molecular weight is 400 g/mol. The van der Waals surface area contributed by atoms with E-state index in [1.807, 2.05) is 97.9 Å². The van der Waals surface area contributed by atoms with Crippen LogP contribution in [0.1, 0.15) is 36.5 Å². The first-order chi connectivity index (χ1) is 14.7. The first-order valence-corrected chi connectivity index (χ1v) is 9.88. The Kier molecular flexibility index (Phi) is 7.22. The van der Waals surface area contributed by atoms with Gasteiger partial charge in [-0.1, -0.05) is 97.9 Å². The van der Waals surface area contributed by atoms with Crippen LogP contribution >= 0.6 is 0 Å². The summed E-state index contributed by atoms with van der Waals surface area (Å²) >= 11 is 0. The van der Waals surface area contributed by atoms with Crippen LogP contribution in [-0.2, 0) is 15.1 Å². The number of nitrogens with zero attached hydrogens (tertiary/aromatic N) is 3. The van der Waals surface area contributed by atoms with Gasteiger partial charge in [-0.05, 0) is 33.8 Å². The van der Waals surface area contributed by atoms with Crippen molar-refractivity contribution in [2.24, 2.45) is 5.11 Å². The van der Waals surface area contributed by atoms with E-state index < -0.39 is 17.9 Å². The van der Waals surface area contributed by atoms with Crippen molar-refractivity contribution in [1.29, 1.82) is 0 Å². The maximum Gasteiger partial charge on any atom is 0.307 e. The molecule has 0 amide bonds. The van der Waals surface area contributed by atoms with Crippen molar-refractivity contribution in [3.63, 3.8) is 0 Å². The van der Waals surface area contributed by atoms with E-state index in [-0.39, 0.29) is 6.42 Å². The van der Waals surface area contributed by atoms with Gasteiger partial charge >= 0.3 is 5.97 Å². The second-order valence-corrected chi connectivity index (χ2v) is 6.79. The molecule has 1 atom stereocenters. The first-order valence-electron chi connectivity index (χ1n) is 9.88. The van der Waals surface area contributed by atoms with Crippen LogP contribution in [0.15, 0.2) is 96.1 Å². The third kappa shape index (κ3) is 4.69. The van der Waals surface area contributed by atoms with Crippen molar-refractivity contribution >= 4 is 5.97 Å². The van der Waals surface area contributed by atoms with Gasteiger partial charge in [0.15, 0.2) is 0 Å². The van der Waals surface area contributed by atoms with E-state index in [4.69, 9.17) is 10.3 Å². The molecule has 6 heteroatoms. The molecule has 1 N–H and O–H groups in total. The number of hydrogen-bond acceptors (Lipinski definition) is 4. The summed E-state index contributed by atoms with van der Waals surface area (Å²) in [4.78, 5) is 15.1. The first kappa shape index (κ1) is 21.1. The SMILES string of the molecule is CCCC(=O)O[C@H](N=[N+]=[N-])NC(c1ccccc1)(c1ccccc1)c1ccccc1. The minimum absolute atomic E-state index is 0.244. The van der Waals surface area contributed by atoms with Crippen LogP contribution in [0.5, 0.6) is 0 Å². The predicted octanol–water partition coefficient (Wildman–Crippen LogP) is 5.51. The van der Waals surface area contributed by atoms with E-state index >= 15 is 0 Å². The van der Waals surface area contributed by atoms with Gasteiger partial charge in [0, 0.05) is 11.3 Å². The Labute approximate surface area is 176 Å². The maximum absolute atomic E-state index is 12.2. The van der Waals surface area contributed by atoms with Gasteiger partial charge in [-0.25, -0.2) is 0 Å². The third-order valence-corrected chi connectivity index (χ3v) is 4.81. The maximum atomic E-state index is 12.2. The number of ether oxygens (including phenoxy) is 1. The van der Waals surface area contributed by atoms with Crippen LogP contribution in [0.4, 0.5) is 0 Å². The van der Waals surface area contributed by atoms with Crippen molar-refractivity contribution in [3.05, 3.63) is 118 Å². The fourth-order valence-corrected chi connectivity index (χ4v) is 3.52. The summed E-state index contributed by atoms with van der Waals surface area (Å²) in [5.41, 5.74) is 11.0. The lowest BCUT2D eigenvalue weighted by Gasteiger charge is -2.38. The zero-order valence-corrected chi connectivity index (χ0v) is 16.8. The molecule has 6 nitrogen and oxygen atoms in total. The van der Waals surface area contributed by atoms with Crippen molar-refractivity contribution in [3.8, 4) is 0 Å². The molecule has 0 aliphatic heterocycles. The number of esters is 1. The molecule has 3 aromatic rings. The van der Waals surface area contributed by atoms with Crippen LogP contribution in [0.2, 0.25) is 0 Å². The fourth-order valence-electron chi connectivity index (χ4n) is 3.52. The highest BCUT2D eigenvalue weighted by Gasteiger charge is 2.38. The van der Waals surface area contributed by atoms with Crippen LogP contribution in [0.25, 0.3) is 10.4 Å². The number of benzene rings is 3. The molecule has 0 radical (unpaired) electrons. The Bertz CT molecular complexity index is 891. The molecule has 152 valence electrons. The number of hydrogen-bond donors (Lipinski definition) is 1. The molecule has 0 spiro atoms. The van der Waals surface area contributed by atoms with Gasteiger partial charge in [0.05, 0.1) is 5.54 Å². The number of carbonyl (C=O) groups excluding carboxylic acids is 1. The van der Waals surface area contributed by atoms with Crippen LogP contribution < -0.4 is 5.32 Å². The number of rotatable bonds is 9. The summed E-state index contributed by atoms with van der Waals surface area (Å²) in [6.07, 6.45) is -0.299. The third-order valence-electron chi connectivity index (χ3n) is 4.81. The van der Waals surface area contributed by atoms with E-state index in [0.29, 0.717) is 6.42 Å². The zero-order chi connectivity index (χ0) is 21.2. The molecule has 0 aromatic heterocycles. The lowest BCUT2D eigenvalue weighted by Crippen LogP contribution is -2.50. The zero-order valence-electron chi connectivity index (χ0n) is 16.8. The van der Waals surface area contributed by atoms with Gasteiger partial charge in [-0.2, -0.15) is 0 Å². The Morgan fingerprint density at radius 1 is 0.933 bits per heavy atom. The summed E-state index contributed by atoms with van der Waals surface area (Å²) < 4.78 is 5.48. The van der Waals surface area contributed by atoms with Gasteiger partial charge in [0.1, 0.15) is 0 Å². The van der Waals surface area contributed by atoms with E-state index in [9.17, 15) is 4.79 Å². The van der Waals surface area contributed by atoms with Gasteiger partial charge in [-0.3, -0.25) is 10.1 Å². The molecule has 0 unspecified atom stereocenters. The molecule has 0 saturated carbocycles. The molecule has 3 rings (SSSR count). The lowest BCUT2D eigenvalue weighted by molar-refractivity contribution is -0.151. The molecule has 0 aliphatic rings. The van der Waals surface area contributed by atoms with E-state index in [0.717, 1.165) is 16.7 Å². The Morgan fingerprint density at radius 2 is 1.37 bits per heavy atom. The van der Waals surface area contributed by atoms with Gasteiger partial charge in [0.25, 0.3) is 0 Å². The molecular formula is C24H24N4O2. The van der Waals surface area contributed by atoms with Crippen LogP contribution in [0.3, 0.4) is 0 Å². The highest BCUT2D eigenvalue weighted by molar-refractivity contribution is 5.69. The van der Waals surface area contributed by atoms with Crippen molar-refractivity contribution in [2.75, 3.05) is 0 Å². The summed E-state index contributed by atoms with van der Waals surface area (Å²) in [5.74, 6) is -0.425. The van der Waals surface area contributed by atoms with Crippen LogP contribution in [-0.4, -0.2) is 12.3 Å². The number of carbonyl (C=O) groups is 1. The normalized spacial score (nSPS) is 11.9. The second-order valence-electron chi connectivity index (χ2n) is 6.79. The predicted molar refractivity (Wildman–Crippen MR) is 116 cm³/mol. The summed E-state index contributed by atoms with van der Waals surface area (Å²) in [6.45, 7) is 1.89. The molecule has 0 saturated heterocycles. The van der Waals surface area contributed by atoms with Gasteiger partial charge in [-0.15, -0.1) is 0 Å². The molecule has 3 aromatic carbocycles. The summed E-state index contributed by atoms with van der Waals surface area (Å²) in [7, 11) is 0. The summed E-state index contributed by atoms with van der Waals surface area (Å²) in [6, 6.07) is 29.5. The van der Waals surface area contributed by atoms with Crippen molar-refractivity contribution in [2.45, 2.75) is 31.7 Å². The lowest BCUT2D eigenvalue weighted by atomic mass is 9.77. The van der Waals surface area contributed by atoms with Crippen LogP contribution in [0, 0.1) is 0 Å². The monoisotopic (exact) mass is 400 g/mol. The number of nitrogens with one attached hydrogen (secondary N) is 1. The second kappa shape index (κ2) is 10.3. The Balaban J connectivity index is 2.20. The smallest absolute Gasteiger partial charge is 0.307 e. The largest absolute Gasteiger partial charge is 0.440 e. The minimum atomic E-state index is -1.19. The molecule has 0 aliphatic carbocycles. The Hall–Kier alpha value is -3.60. The molecule has 30 heavy (non-hydrogen) atoms. The highest BCUT2D eigenvalue weighted by Crippen LogP contribution is 2.37. The Morgan fingerprint density at radius 3 is 1.73 bits per heavy atom. The average Bonchev–Trinajstić information content (AvgIpc) is 2.79. The number of azide groups is 1. The molecule has 0 heterocycles. The minimum Gasteiger partial charge on any atom is -0.440 e. The molecular weight excluding hydrogens is 376 g/mol. The fraction of sp³-hybridized carbons (Fsp3) is 0.208. The summed E-state index contributed by atoms with van der Waals surface area (Å²) in [5, 5.41) is 7.08. The van der Waals surface area contributed by atoms with Gasteiger partial charge < -0.3 is 4.74 Å². The van der Waals surface area contributed by atoms with E-state index in [1.165, 1.54) is 0 Å². The molecule has 0 fully saturated rings. The van der Waals surface area contributed by atoms with Crippen molar-refractivity contribution < 1.29 is 9.53 Å². The quantitative estimate of drug-likeness (QED) is 0.128. The van der Waals surface area contributed by atoms with Gasteiger partial charge in [0.2, 0.25) is 6.35 Å². The van der Waals surface area contributed by atoms with E-state index in [1.54, 1.807) is 0 Å².